The molecule has 3 rings (SSSR count). The first-order valence-corrected chi connectivity index (χ1v) is 6.82. The van der Waals surface area contributed by atoms with Crippen LogP contribution in [0.5, 0.6) is 0 Å². The van der Waals surface area contributed by atoms with Gasteiger partial charge in [-0.2, -0.15) is 4.80 Å². The van der Waals surface area contributed by atoms with Crippen LogP contribution in [-0.4, -0.2) is 48.3 Å². The van der Waals surface area contributed by atoms with Crippen molar-refractivity contribution in [1.82, 2.24) is 25.1 Å². The fraction of sp³-hybridized carbons (Fsp3) is 0.833. The van der Waals surface area contributed by atoms with Crippen LogP contribution in [0.1, 0.15) is 37.9 Å². The number of aliphatic carboxylic acids is 1. The van der Waals surface area contributed by atoms with E-state index < -0.39 is 5.97 Å². The van der Waals surface area contributed by atoms with Crippen LogP contribution in [0.15, 0.2) is 0 Å². The minimum absolute atomic E-state index is 0.310. The third-order valence-electron chi connectivity index (χ3n) is 4.32. The van der Waals surface area contributed by atoms with Crippen molar-refractivity contribution in [3.63, 3.8) is 0 Å². The van der Waals surface area contributed by atoms with Gasteiger partial charge in [-0.3, -0.25) is 9.69 Å². The highest BCUT2D eigenvalue weighted by atomic mass is 16.4. The molecule has 0 aliphatic carbocycles. The molecule has 7 nitrogen and oxygen atoms in total. The lowest BCUT2D eigenvalue weighted by Crippen LogP contribution is -2.42. The Morgan fingerprint density at radius 1 is 1.37 bits per heavy atom. The monoisotopic (exact) mass is 265 g/mol. The second-order valence-electron chi connectivity index (χ2n) is 5.69. The average Bonchev–Trinajstić information content (AvgIpc) is 2.82. The van der Waals surface area contributed by atoms with Crippen molar-refractivity contribution in [2.45, 2.75) is 50.7 Å². The predicted molar refractivity (Wildman–Crippen MR) is 66.1 cm³/mol. The maximum absolute atomic E-state index is 10.8. The van der Waals surface area contributed by atoms with Gasteiger partial charge in [0.1, 0.15) is 0 Å². The Morgan fingerprint density at radius 3 is 2.58 bits per heavy atom. The molecule has 2 bridgehead atoms. The lowest BCUT2D eigenvalue weighted by atomic mass is 9.88. The molecule has 7 heteroatoms. The molecule has 104 valence electrons. The summed E-state index contributed by atoms with van der Waals surface area (Å²) in [7, 11) is 1.77. The summed E-state index contributed by atoms with van der Waals surface area (Å²) in [5.74, 6) is 0.422. The molecule has 1 aromatic heterocycles. The Hall–Kier alpha value is -1.50. The summed E-state index contributed by atoms with van der Waals surface area (Å²) in [6.45, 7) is 0.739. The summed E-state index contributed by atoms with van der Waals surface area (Å²) >= 11 is 0. The van der Waals surface area contributed by atoms with Gasteiger partial charge in [0.15, 0.2) is 5.82 Å². The zero-order valence-electron chi connectivity index (χ0n) is 11.1. The van der Waals surface area contributed by atoms with Gasteiger partial charge < -0.3 is 5.11 Å². The second-order valence-corrected chi connectivity index (χ2v) is 5.69. The van der Waals surface area contributed by atoms with Gasteiger partial charge in [0.2, 0.25) is 0 Å². The largest absolute Gasteiger partial charge is 0.481 e. The van der Waals surface area contributed by atoms with Gasteiger partial charge in [0.25, 0.3) is 0 Å². The summed E-state index contributed by atoms with van der Waals surface area (Å²) in [5, 5.41) is 21.0. The van der Waals surface area contributed by atoms with Crippen molar-refractivity contribution in [3.8, 4) is 0 Å². The molecule has 0 aromatic carbocycles. The zero-order chi connectivity index (χ0) is 13.4. The number of carboxylic acids is 1. The van der Waals surface area contributed by atoms with Gasteiger partial charge >= 0.3 is 5.97 Å². The van der Waals surface area contributed by atoms with E-state index in [9.17, 15) is 4.79 Å². The number of tetrazole rings is 1. The second kappa shape index (κ2) is 4.88. The molecule has 2 unspecified atom stereocenters. The van der Waals surface area contributed by atoms with Gasteiger partial charge in [-0.25, -0.2) is 0 Å². The summed E-state index contributed by atoms with van der Waals surface area (Å²) < 4.78 is 0. The molecule has 0 spiro atoms. The van der Waals surface area contributed by atoms with Gasteiger partial charge in [0, 0.05) is 18.5 Å². The summed E-state index contributed by atoms with van der Waals surface area (Å²) in [4.78, 5) is 14.8. The van der Waals surface area contributed by atoms with Crippen molar-refractivity contribution in [1.29, 1.82) is 0 Å². The van der Waals surface area contributed by atoms with Crippen molar-refractivity contribution in [2.24, 2.45) is 13.0 Å². The number of nitrogens with zero attached hydrogens (tertiary/aromatic N) is 5. The molecule has 1 aromatic rings. The quantitative estimate of drug-likeness (QED) is 0.849. The summed E-state index contributed by atoms with van der Waals surface area (Å²) in [6, 6.07) is 0.985. The van der Waals surface area contributed by atoms with Gasteiger partial charge in [-0.05, 0) is 36.8 Å². The first kappa shape index (κ1) is 12.5. The Bertz CT molecular complexity index is 460. The van der Waals surface area contributed by atoms with Crippen LogP contribution in [0.4, 0.5) is 0 Å². The Morgan fingerprint density at radius 2 is 2.05 bits per heavy atom. The number of aromatic nitrogens is 4. The van der Waals surface area contributed by atoms with Crippen LogP contribution in [0.3, 0.4) is 0 Å². The van der Waals surface area contributed by atoms with E-state index in [0.29, 0.717) is 24.4 Å². The van der Waals surface area contributed by atoms with Crippen molar-refractivity contribution >= 4 is 5.97 Å². The predicted octanol–water partition coefficient (Wildman–Crippen LogP) is 0.428. The Balaban J connectivity index is 1.64. The van der Waals surface area contributed by atoms with E-state index in [1.807, 2.05) is 0 Å². The molecule has 3 heterocycles. The zero-order valence-corrected chi connectivity index (χ0v) is 11.1. The topological polar surface area (TPSA) is 84.1 Å². The van der Waals surface area contributed by atoms with Crippen molar-refractivity contribution in [2.75, 3.05) is 0 Å². The Labute approximate surface area is 111 Å². The number of carbonyl (C=O) groups is 1. The van der Waals surface area contributed by atoms with Crippen molar-refractivity contribution < 1.29 is 9.90 Å². The number of piperidine rings is 1. The highest BCUT2D eigenvalue weighted by molar-refractivity contribution is 5.67. The first-order chi connectivity index (χ1) is 9.11. The molecule has 19 heavy (non-hydrogen) atoms. The molecule has 0 amide bonds. The van der Waals surface area contributed by atoms with Gasteiger partial charge in [-0.15, -0.1) is 10.2 Å². The normalized spacial score (nSPS) is 30.7. The highest BCUT2D eigenvalue weighted by Crippen LogP contribution is 2.40. The molecule has 2 saturated heterocycles. The molecule has 2 aliphatic heterocycles. The maximum atomic E-state index is 10.8. The molecule has 1 N–H and O–H groups in total. The van der Waals surface area contributed by atoms with Crippen LogP contribution >= 0.6 is 0 Å². The lowest BCUT2D eigenvalue weighted by molar-refractivity contribution is -0.138. The lowest BCUT2D eigenvalue weighted by Gasteiger charge is -2.37. The van der Waals surface area contributed by atoms with E-state index in [1.165, 1.54) is 17.6 Å². The third-order valence-corrected chi connectivity index (χ3v) is 4.32. The third kappa shape index (κ3) is 2.60. The number of fused-ring (bicyclic) bond motifs is 2. The Kier molecular flexibility index (Phi) is 3.22. The van der Waals surface area contributed by atoms with Crippen LogP contribution in [0, 0.1) is 5.92 Å². The molecular weight excluding hydrogens is 246 g/mol. The number of hydrogen-bond donors (Lipinski definition) is 1. The average molecular weight is 265 g/mol. The summed E-state index contributed by atoms with van der Waals surface area (Å²) in [6.07, 6.45) is 4.62. The van der Waals surface area contributed by atoms with Gasteiger partial charge in [-0.1, -0.05) is 0 Å². The summed E-state index contributed by atoms with van der Waals surface area (Å²) in [5.41, 5.74) is 0. The molecule has 0 saturated carbocycles. The molecule has 2 atom stereocenters. The molecule has 2 fully saturated rings. The maximum Gasteiger partial charge on any atom is 0.303 e. The van der Waals surface area contributed by atoms with E-state index in [2.05, 4.69) is 20.3 Å². The SMILES string of the molecule is Cn1nnc(CN2C3CCC2CC(CC(=O)O)C3)n1. The fourth-order valence-corrected chi connectivity index (χ4v) is 3.61. The molecule has 0 radical (unpaired) electrons. The number of rotatable bonds is 4. The fourth-order valence-electron chi connectivity index (χ4n) is 3.61. The minimum Gasteiger partial charge on any atom is -0.481 e. The number of aryl methyl sites for hydroxylation is 1. The van der Waals surface area contributed by atoms with Crippen LogP contribution in [-0.2, 0) is 18.4 Å². The van der Waals surface area contributed by atoms with E-state index >= 15 is 0 Å². The molecule has 2 aliphatic rings. The van der Waals surface area contributed by atoms with E-state index in [0.717, 1.165) is 25.2 Å². The first-order valence-electron chi connectivity index (χ1n) is 6.82. The van der Waals surface area contributed by atoms with E-state index in [4.69, 9.17) is 5.11 Å². The minimum atomic E-state index is -0.673. The van der Waals surface area contributed by atoms with Crippen molar-refractivity contribution in [3.05, 3.63) is 5.82 Å². The highest BCUT2D eigenvalue weighted by Gasteiger charge is 2.41. The van der Waals surface area contributed by atoms with Crippen LogP contribution in [0.25, 0.3) is 0 Å². The van der Waals surface area contributed by atoms with Crippen LogP contribution < -0.4 is 0 Å². The number of hydrogen-bond acceptors (Lipinski definition) is 5. The smallest absolute Gasteiger partial charge is 0.303 e. The van der Waals surface area contributed by atoms with Crippen LogP contribution in [0.2, 0.25) is 0 Å². The van der Waals surface area contributed by atoms with Gasteiger partial charge in [0.05, 0.1) is 13.6 Å². The van der Waals surface area contributed by atoms with E-state index in [-0.39, 0.29) is 0 Å². The molecular formula is C12H19N5O2. The standard InChI is InChI=1S/C12H19N5O2/c1-16-14-11(13-15-16)7-17-9-2-3-10(17)5-8(4-9)6-12(18)19/h8-10H,2-7H2,1H3,(H,18,19). The van der Waals surface area contributed by atoms with E-state index in [1.54, 1.807) is 7.05 Å². The number of carboxylic acid groups (broad SMARTS) is 1.